The predicted molar refractivity (Wildman–Crippen MR) is 67.7 cm³/mol. The maximum absolute atomic E-state index is 11.1. The number of carbonyl (C=O) groups is 1. The molecule has 0 aliphatic rings. The third-order valence-corrected chi connectivity index (χ3v) is 2.94. The van der Waals surface area contributed by atoms with Gasteiger partial charge in [0.15, 0.2) is 0 Å². The number of halogens is 2. The van der Waals surface area contributed by atoms with E-state index in [4.69, 9.17) is 16.7 Å². The summed E-state index contributed by atoms with van der Waals surface area (Å²) >= 11 is 9.14. The van der Waals surface area contributed by atoms with E-state index >= 15 is 0 Å². The molecule has 0 saturated heterocycles. The summed E-state index contributed by atoms with van der Waals surface area (Å²) in [6, 6.07) is 4.25. The molecule has 86 valence electrons. The van der Waals surface area contributed by atoms with Crippen LogP contribution in [0.1, 0.15) is 11.6 Å². The summed E-state index contributed by atoms with van der Waals surface area (Å²) in [4.78, 5) is 11.1. The third-order valence-electron chi connectivity index (χ3n) is 1.98. The molecule has 0 saturated carbocycles. The first-order valence-corrected chi connectivity index (χ1v) is 5.75. The molecule has 0 amide bonds. The first-order valence-electron chi connectivity index (χ1n) is 4.58. The first-order chi connectivity index (χ1) is 7.56. The second-order valence-electron chi connectivity index (χ2n) is 3.13. The van der Waals surface area contributed by atoms with Crippen molar-refractivity contribution in [1.29, 1.82) is 0 Å². The number of rotatable bonds is 5. The van der Waals surface area contributed by atoms with Gasteiger partial charge in [-0.25, -0.2) is 0 Å². The van der Waals surface area contributed by atoms with Gasteiger partial charge in [-0.3, -0.25) is 10.1 Å². The van der Waals surface area contributed by atoms with Gasteiger partial charge in [0.05, 0.1) is 0 Å². The number of hydrogen-bond donors (Lipinski definition) is 2. The van der Waals surface area contributed by atoms with Gasteiger partial charge in [0.1, 0.15) is 6.04 Å². The molecule has 5 heteroatoms. The van der Waals surface area contributed by atoms with Gasteiger partial charge in [-0.15, -0.1) is 6.58 Å². The van der Waals surface area contributed by atoms with Crippen molar-refractivity contribution < 1.29 is 9.90 Å². The molecule has 0 spiro atoms. The highest BCUT2D eigenvalue weighted by molar-refractivity contribution is 9.10. The van der Waals surface area contributed by atoms with Crippen LogP contribution in [-0.4, -0.2) is 17.6 Å². The van der Waals surface area contributed by atoms with Crippen LogP contribution in [0, 0.1) is 0 Å². The highest BCUT2D eigenvalue weighted by Crippen LogP contribution is 2.26. The lowest BCUT2D eigenvalue weighted by molar-refractivity contribution is -0.139. The minimum atomic E-state index is -0.954. The molecule has 0 radical (unpaired) electrons. The van der Waals surface area contributed by atoms with Crippen molar-refractivity contribution in [2.24, 2.45) is 0 Å². The van der Waals surface area contributed by atoms with E-state index in [-0.39, 0.29) is 0 Å². The van der Waals surface area contributed by atoms with E-state index in [0.717, 1.165) is 0 Å². The van der Waals surface area contributed by atoms with Gasteiger partial charge in [0, 0.05) is 16.0 Å². The predicted octanol–water partition coefficient (Wildman–Crippen LogP) is 3.00. The topological polar surface area (TPSA) is 49.3 Å². The second-order valence-corrected chi connectivity index (χ2v) is 4.42. The molecule has 16 heavy (non-hydrogen) atoms. The van der Waals surface area contributed by atoms with Crippen molar-refractivity contribution in [3.63, 3.8) is 0 Å². The maximum atomic E-state index is 11.1. The number of carboxylic acids is 1. The summed E-state index contributed by atoms with van der Waals surface area (Å²) in [5.74, 6) is -0.954. The molecule has 2 N–H and O–H groups in total. The summed E-state index contributed by atoms with van der Waals surface area (Å²) in [5.41, 5.74) is 0.599. The highest BCUT2D eigenvalue weighted by atomic mass is 79.9. The number of benzene rings is 1. The second kappa shape index (κ2) is 6.03. The van der Waals surface area contributed by atoms with Crippen molar-refractivity contribution in [2.45, 2.75) is 6.04 Å². The summed E-state index contributed by atoms with van der Waals surface area (Å²) in [6.45, 7) is 3.95. The third kappa shape index (κ3) is 3.33. The quantitative estimate of drug-likeness (QED) is 0.822. The van der Waals surface area contributed by atoms with Gasteiger partial charge in [-0.2, -0.15) is 0 Å². The number of carboxylic acid groups (broad SMARTS) is 1. The number of hydrogen-bond acceptors (Lipinski definition) is 2. The molecule has 1 unspecified atom stereocenters. The average molecular weight is 305 g/mol. The minimum Gasteiger partial charge on any atom is -0.480 e. The van der Waals surface area contributed by atoms with Gasteiger partial charge in [0.2, 0.25) is 0 Å². The number of aliphatic carboxylic acids is 1. The Morgan fingerprint density at radius 2 is 2.38 bits per heavy atom. The Morgan fingerprint density at radius 1 is 1.69 bits per heavy atom. The molecule has 1 rings (SSSR count). The average Bonchev–Trinajstić information content (AvgIpc) is 2.23. The molecular weight excluding hydrogens is 293 g/mol. The van der Waals surface area contributed by atoms with Gasteiger partial charge >= 0.3 is 5.97 Å². The molecule has 1 atom stereocenters. The van der Waals surface area contributed by atoms with Gasteiger partial charge in [-0.1, -0.05) is 33.6 Å². The summed E-state index contributed by atoms with van der Waals surface area (Å²) in [6.07, 6.45) is 1.61. The Kier molecular flexibility index (Phi) is 4.99. The molecular formula is C11H11BrClNO2. The Labute approximate surface area is 107 Å². The standard InChI is InChI=1S/C11H11BrClNO2/c1-2-5-14-10(11(15)16)8-6-7(13)3-4-9(8)12/h2-4,6,10,14H,1,5H2,(H,15,16). The van der Waals surface area contributed by atoms with Crippen LogP contribution in [0.3, 0.4) is 0 Å². The Hall–Kier alpha value is -0.840. The lowest BCUT2D eigenvalue weighted by Gasteiger charge is -2.15. The lowest BCUT2D eigenvalue weighted by Crippen LogP contribution is -2.28. The zero-order valence-corrected chi connectivity index (χ0v) is 10.8. The zero-order chi connectivity index (χ0) is 12.1. The molecule has 0 fully saturated rings. The van der Waals surface area contributed by atoms with E-state index in [1.54, 1.807) is 24.3 Å². The van der Waals surface area contributed by atoms with E-state index in [9.17, 15) is 4.79 Å². The molecule has 0 heterocycles. The number of nitrogens with one attached hydrogen (secondary N) is 1. The van der Waals surface area contributed by atoms with Crippen LogP contribution < -0.4 is 5.32 Å². The fourth-order valence-electron chi connectivity index (χ4n) is 1.27. The van der Waals surface area contributed by atoms with Crippen LogP contribution in [0.25, 0.3) is 0 Å². The van der Waals surface area contributed by atoms with Crippen LogP contribution in [0.2, 0.25) is 5.02 Å². The van der Waals surface area contributed by atoms with E-state index in [0.29, 0.717) is 21.6 Å². The fraction of sp³-hybridized carbons (Fsp3) is 0.182. The smallest absolute Gasteiger partial charge is 0.325 e. The van der Waals surface area contributed by atoms with Gasteiger partial charge in [0.25, 0.3) is 0 Å². The van der Waals surface area contributed by atoms with E-state index < -0.39 is 12.0 Å². The Bertz CT molecular complexity index is 409. The molecule has 3 nitrogen and oxygen atoms in total. The van der Waals surface area contributed by atoms with Crippen LogP contribution >= 0.6 is 27.5 Å². The Morgan fingerprint density at radius 3 is 2.94 bits per heavy atom. The van der Waals surface area contributed by atoms with Crippen LogP contribution in [0.15, 0.2) is 35.3 Å². The molecule has 0 aliphatic carbocycles. The molecule has 1 aromatic carbocycles. The van der Waals surface area contributed by atoms with Crippen molar-refractivity contribution in [1.82, 2.24) is 5.32 Å². The molecule has 1 aromatic rings. The monoisotopic (exact) mass is 303 g/mol. The highest BCUT2D eigenvalue weighted by Gasteiger charge is 2.21. The molecule has 0 bridgehead atoms. The Balaban J connectivity index is 3.04. The largest absolute Gasteiger partial charge is 0.480 e. The van der Waals surface area contributed by atoms with Crippen molar-refractivity contribution in [3.05, 3.63) is 45.9 Å². The summed E-state index contributed by atoms with van der Waals surface area (Å²) in [5, 5.41) is 12.5. The summed E-state index contributed by atoms with van der Waals surface area (Å²) in [7, 11) is 0. The van der Waals surface area contributed by atoms with Crippen LogP contribution in [0.5, 0.6) is 0 Å². The molecule has 0 aliphatic heterocycles. The van der Waals surface area contributed by atoms with Crippen molar-refractivity contribution >= 4 is 33.5 Å². The molecule has 0 aromatic heterocycles. The van der Waals surface area contributed by atoms with Gasteiger partial charge in [-0.05, 0) is 23.8 Å². The zero-order valence-electron chi connectivity index (χ0n) is 8.41. The van der Waals surface area contributed by atoms with E-state index in [2.05, 4.69) is 27.8 Å². The minimum absolute atomic E-state index is 0.413. The normalized spacial score (nSPS) is 12.1. The van der Waals surface area contributed by atoms with Crippen LogP contribution in [-0.2, 0) is 4.79 Å². The summed E-state index contributed by atoms with van der Waals surface area (Å²) < 4.78 is 0.709. The maximum Gasteiger partial charge on any atom is 0.325 e. The van der Waals surface area contributed by atoms with E-state index in [1.165, 1.54) is 0 Å². The SMILES string of the molecule is C=CCNC(C(=O)O)c1cc(Cl)ccc1Br. The fourth-order valence-corrected chi connectivity index (χ4v) is 1.92. The van der Waals surface area contributed by atoms with E-state index in [1.807, 2.05) is 0 Å². The van der Waals surface area contributed by atoms with Crippen LogP contribution in [0.4, 0.5) is 0 Å². The lowest BCUT2D eigenvalue weighted by atomic mass is 10.1. The first kappa shape index (κ1) is 13.2. The van der Waals surface area contributed by atoms with Gasteiger partial charge < -0.3 is 5.11 Å². The van der Waals surface area contributed by atoms with Crippen molar-refractivity contribution in [3.8, 4) is 0 Å². The van der Waals surface area contributed by atoms with Crippen molar-refractivity contribution in [2.75, 3.05) is 6.54 Å².